The number of nitro groups is 1. The van der Waals surface area contributed by atoms with Crippen LogP contribution in [0, 0.1) is 17.0 Å². The van der Waals surface area contributed by atoms with E-state index in [2.05, 4.69) is 10.2 Å². The molecular weight excluding hydrogens is 372 g/mol. The SMILES string of the molecule is Cc1ccc(N=Nc2cc(S(=O)(=O)O)c3ccccc3c2N)c([N+](=O)[O-])c1. The topological polar surface area (TPSA) is 148 Å². The van der Waals surface area contributed by atoms with E-state index in [1.807, 2.05) is 0 Å². The number of benzene rings is 3. The average molecular weight is 386 g/mol. The Bertz CT molecular complexity index is 1210. The van der Waals surface area contributed by atoms with E-state index in [4.69, 9.17) is 5.73 Å². The fourth-order valence-electron chi connectivity index (χ4n) is 2.62. The van der Waals surface area contributed by atoms with Crippen molar-refractivity contribution in [2.24, 2.45) is 10.2 Å². The van der Waals surface area contributed by atoms with E-state index >= 15 is 0 Å². The lowest BCUT2D eigenvalue weighted by molar-refractivity contribution is -0.384. The van der Waals surface area contributed by atoms with Gasteiger partial charge in [-0.1, -0.05) is 30.3 Å². The summed E-state index contributed by atoms with van der Waals surface area (Å²) in [6.45, 7) is 1.70. The minimum Gasteiger partial charge on any atom is -0.396 e. The lowest BCUT2D eigenvalue weighted by Gasteiger charge is -2.09. The van der Waals surface area contributed by atoms with E-state index in [1.165, 1.54) is 18.2 Å². The van der Waals surface area contributed by atoms with Crippen LogP contribution in [0.3, 0.4) is 0 Å². The predicted molar refractivity (Wildman–Crippen MR) is 100 cm³/mol. The minimum atomic E-state index is -4.54. The Morgan fingerprint density at radius 2 is 1.67 bits per heavy atom. The van der Waals surface area contributed by atoms with Crippen molar-refractivity contribution < 1.29 is 17.9 Å². The fraction of sp³-hybridized carbons (Fsp3) is 0.0588. The van der Waals surface area contributed by atoms with Crippen LogP contribution in [0.2, 0.25) is 0 Å². The first kappa shape index (κ1) is 18.4. The fourth-order valence-corrected chi connectivity index (χ4v) is 3.34. The van der Waals surface area contributed by atoms with Crippen molar-refractivity contribution in [3.05, 3.63) is 64.2 Å². The first-order valence-electron chi connectivity index (χ1n) is 7.64. The smallest absolute Gasteiger partial charge is 0.296 e. The van der Waals surface area contributed by atoms with E-state index in [1.54, 1.807) is 31.2 Å². The summed E-state index contributed by atoms with van der Waals surface area (Å²) in [5.74, 6) is 0. The Labute approximate surface area is 154 Å². The van der Waals surface area contributed by atoms with Crippen LogP contribution in [0.1, 0.15) is 5.56 Å². The highest BCUT2D eigenvalue weighted by molar-refractivity contribution is 7.86. The van der Waals surface area contributed by atoms with Gasteiger partial charge in [-0.15, -0.1) is 10.2 Å². The van der Waals surface area contributed by atoms with Crippen molar-refractivity contribution >= 4 is 43.6 Å². The van der Waals surface area contributed by atoms with Gasteiger partial charge in [-0.05, 0) is 24.6 Å². The summed E-state index contributed by atoms with van der Waals surface area (Å²) in [6, 6.07) is 11.8. The van der Waals surface area contributed by atoms with Crippen LogP contribution < -0.4 is 5.73 Å². The number of fused-ring (bicyclic) bond motifs is 1. The van der Waals surface area contributed by atoms with Crippen LogP contribution in [-0.2, 0) is 10.1 Å². The Balaban J connectivity index is 2.21. The minimum absolute atomic E-state index is 0.00781. The number of azo groups is 1. The number of rotatable bonds is 4. The van der Waals surface area contributed by atoms with Crippen molar-refractivity contribution in [2.75, 3.05) is 5.73 Å². The van der Waals surface area contributed by atoms with Crippen molar-refractivity contribution in [3.8, 4) is 0 Å². The largest absolute Gasteiger partial charge is 0.396 e. The number of nitrogens with zero attached hydrogens (tertiary/aromatic N) is 3. The second kappa shape index (κ2) is 6.74. The lowest BCUT2D eigenvalue weighted by atomic mass is 10.1. The predicted octanol–water partition coefficient (Wildman–Crippen LogP) is 4.30. The van der Waals surface area contributed by atoms with Crippen molar-refractivity contribution in [1.29, 1.82) is 0 Å². The van der Waals surface area contributed by atoms with E-state index in [-0.39, 0.29) is 33.0 Å². The Hall–Kier alpha value is -3.37. The van der Waals surface area contributed by atoms with E-state index in [0.717, 1.165) is 6.07 Å². The van der Waals surface area contributed by atoms with Crippen molar-refractivity contribution in [3.63, 3.8) is 0 Å². The van der Waals surface area contributed by atoms with Gasteiger partial charge in [0.15, 0.2) is 5.69 Å². The number of nitrogens with two attached hydrogens (primary N) is 1. The summed E-state index contributed by atoms with van der Waals surface area (Å²) < 4.78 is 32.9. The molecule has 10 heteroatoms. The molecule has 0 atom stereocenters. The molecule has 0 aromatic heterocycles. The number of hydrogen-bond donors (Lipinski definition) is 2. The summed E-state index contributed by atoms with van der Waals surface area (Å²) in [5, 5.41) is 19.5. The lowest BCUT2D eigenvalue weighted by Crippen LogP contribution is -2.01. The van der Waals surface area contributed by atoms with Crippen LogP contribution in [0.25, 0.3) is 10.8 Å². The molecule has 9 nitrogen and oxygen atoms in total. The van der Waals surface area contributed by atoms with Gasteiger partial charge in [0.1, 0.15) is 10.6 Å². The molecule has 0 spiro atoms. The number of nitrogen functional groups attached to an aromatic ring is 1. The highest BCUT2D eigenvalue weighted by Crippen LogP contribution is 2.37. The third-order valence-corrected chi connectivity index (χ3v) is 4.79. The standard InChI is InChI=1S/C17H14N4O5S/c1-10-6-7-13(15(8-10)21(22)23)19-20-14-9-16(27(24,25)26)11-4-2-3-5-12(11)17(14)18/h2-9H,18H2,1H3,(H,24,25,26). The summed E-state index contributed by atoms with van der Waals surface area (Å²) in [7, 11) is -4.54. The third kappa shape index (κ3) is 3.61. The zero-order valence-electron chi connectivity index (χ0n) is 14.0. The van der Waals surface area contributed by atoms with Gasteiger partial charge >= 0.3 is 0 Å². The average Bonchev–Trinajstić information content (AvgIpc) is 2.61. The van der Waals surface area contributed by atoms with E-state index < -0.39 is 15.0 Å². The second-order valence-corrected chi connectivity index (χ2v) is 7.17. The normalized spacial score (nSPS) is 11.9. The van der Waals surface area contributed by atoms with Gasteiger partial charge in [0.2, 0.25) is 0 Å². The Morgan fingerprint density at radius 1 is 1.04 bits per heavy atom. The molecule has 0 aliphatic rings. The van der Waals surface area contributed by atoms with Gasteiger partial charge in [0.05, 0.1) is 10.6 Å². The van der Waals surface area contributed by atoms with Gasteiger partial charge in [0.25, 0.3) is 15.8 Å². The number of aryl methyl sites for hydroxylation is 1. The molecule has 3 aromatic carbocycles. The van der Waals surface area contributed by atoms with Crippen LogP contribution in [0.4, 0.5) is 22.7 Å². The molecule has 3 aromatic rings. The van der Waals surface area contributed by atoms with Gasteiger partial charge in [0, 0.05) is 16.8 Å². The summed E-state index contributed by atoms with van der Waals surface area (Å²) >= 11 is 0. The molecule has 0 aliphatic heterocycles. The molecule has 0 aliphatic carbocycles. The summed E-state index contributed by atoms with van der Waals surface area (Å²) in [4.78, 5) is 10.2. The molecular formula is C17H14N4O5S. The zero-order valence-corrected chi connectivity index (χ0v) is 14.8. The monoisotopic (exact) mass is 386 g/mol. The maximum atomic E-state index is 11.7. The van der Waals surface area contributed by atoms with Gasteiger partial charge < -0.3 is 5.73 Å². The third-order valence-electron chi connectivity index (χ3n) is 3.90. The van der Waals surface area contributed by atoms with Gasteiger partial charge in [-0.2, -0.15) is 8.42 Å². The molecule has 3 N–H and O–H groups in total. The quantitative estimate of drug-likeness (QED) is 0.224. The van der Waals surface area contributed by atoms with E-state index in [9.17, 15) is 23.1 Å². The Kier molecular flexibility index (Phi) is 4.60. The highest BCUT2D eigenvalue weighted by Gasteiger charge is 2.19. The highest BCUT2D eigenvalue weighted by atomic mass is 32.2. The Morgan fingerprint density at radius 3 is 2.30 bits per heavy atom. The molecule has 138 valence electrons. The van der Waals surface area contributed by atoms with Gasteiger partial charge in [-0.25, -0.2) is 0 Å². The molecule has 0 radical (unpaired) electrons. The molecule has 0 bridgehead atoms. The van der Waals surface area contributed by atoms with Crippen molar-refractivity contribution in [2.45, 2.75) is 11.8 Å². The first-order chi connectivity index (χ1) is 12.7. The molecule has 27 heavy (non-hydrogen) atoms. The molecule has 0 saturated carbocycles. The van der Waals surface area contributed by atoms with Gasteiger partial charge in [-0.3, -0.25) is 14.7 Å². The molecule has 0 saturated heterocycles. The summed E-state index contributed by atoms with van der Waals surface area (Å²) in [6.07, 6.45) is 0. The number of hydrogen-bond acceptors (Lipinski definition) is 7. The second-order valence-electron chi connectivity index (χ2n) is 5.78. The molecule has 0 amide bonds. The van der Waals surface area contributed by atoms with Crippen LogP contribution in [0.15, 0.2) is 63.7 Å². The molecule has 3 rings (SSSR count). The summed E-state index contributed by atoms with van der Waals surface area (Å²) in [5.41, 5.74) is 6.59. The first-order valence-corrected chi connectivity index (χ1v) is 9.08. The maximum absolute atomic E-state index is 11.7. The van der Waals surface area contributed by atoms with Crippen molar-refractivity contribution in [1.82, 2.24) is 0 Å². The molecule has 0 unspecified atom stereocenters. The molecule has 0 fully saturated rings. The van der Waals surface area contributed by atoms with Crippen LogP contribution in [0.5, 0.6) is 0 Å². The number of anilines is 1. The maximum Gasteiger partial charge on any atom is 0.296 e. The molecule has 0 heterocycles. The zero-order chi connectivity index (χ0) is 19.8. The number of nitro benzene ring substituents is 1. The van der Waals surface area contributed by atoms with Crippen LogP contribution in [-0.4, -0.2) is 17.9 Å². The van der Waals surface area contributed by atoms with Crippen LogP contribution >= 0.6 is 0 Å². The van der Waals surface area contributed by atoms with E-state index in [0.29, 0.717) is 10.9 Å².